The number of hydrogen-bond donors (Lipinski definition) is 1. The molecular formula is C18H34N2. The van der Waals surface area contributed by atoms with Crippen LogP contribution in [0.5, 0.6) is 0 Å². The Labute approximate surface area is 125 Å². The fourth-order valence-corrected chi connectivity index (χ4v) is 5.37. The molecule has 2 N–H and O–H groups in total. The zero-order valence-corrected chi connectivity index (χ0v) is 13.8. The van der Waals surface area contributed by atoms with Gasteiger partial charge in [-0.2, -0.15) is 0 Å². The molecule has 3 fully saturated rings. The molecule has 3 aliphatic rings. The van der Waals surface area contributed by atoms with Gasteiger partial charge in [0.25, 0.3) is 0 Å². The third kappa shape index (κ3) is 2.54. The lowest BCUT2D eigenvalue weighted by atomic mass is 9.76. The van der Waals surface area contributed by atoms with E-state index < -0.39 is 0 Å². The number of nitrogens with two attached hydrogens (primary N) is 1. The maximum atomic E-state index is 6.33. The predicted octanol–water partition coefficient (Wildman–Crippen LogP) is 3.79. The van der Waals surface area contributed by atoms with Gasteiger partial charge in [0.05, 0.1) is 0 Å². The van der Waals surface area contributed by atoms with Crippen molar-refractivity contribution in [1.29, 1.82) is 0 Å². The first-order valence-corrected chi connectivity index (χ1v) is 8.91. The molecular weight excluding hydrogens is 244 g/mol. The van der Waals surface area contributed by atoms with Crippen molar-refractivity contribution >= 4 is 0 Å². The highest BCUT2D eigenvalue weighted by Crippen LogP contribution is 2.47. The first-order valence-electron chi connectivity index (χ1n) is 8.91. The summed E-state index contributed by atoms with van der Waals surface area (Å²) in [6.45, 7) is 9.50. The normalized spacial score (nSPS) is 42.9. The average Bonchev–Trinajstić information content (AvgIpc) is 2.94. The van der Waals surface area contributed by atoms with Gasteiger partial charge in [-0.05, 0) is 62.2 Å². The quantitative estimate of drug-likeness (QED) is 0.779. The molecule has 2 saturated carbocycles. The van der Waals surface area contributed by atoms with Crippen molar-refractivity contribution < 1.29 is 0 Å². The van der Waals surface area contributed by atoms with Crippen LogP contribution in [-0.4, -0.2) is 29.6 Å². The molecule has 2 nitrogen and oxygen atoms in total. The third-order valence-corrected chi connectivity index (χ3v) is 6.78. The standard InChI is InChI=1S/C18H34N2/c1-17(2,3)15-5-4-9-18(13-19,10-8-15)20-12-14-6-7-16(20)11-14/h14-16H,4-13,19H2,1-3H3. The lowest BCUT2D eigenvalue weighted by Crippen LogP contribution is -2.56. The van der Waals surface area contributed by atoms with Crippen LogP contribution in [0.4, 0.5) is 0 Å². The Kier molecular flexibility index (Phi) is 3.92. The third-order valence-electron chi connectivity index (χ3n) is 6.78. The van der Waals surface area contributed by atoms with Crippen molar-refractivity contribution in [1.82, 2.24) is 4.90 Å². The second-order valence-electron chi connectivity index (χ2n) is 8.91. The molecule has 2 heteroatoms. The Bertz CT molecular complexity index is 346. The molecule has 1 aliphatic heterocycles. The van der Waals surface area contributed by atoms with Crippen molar-refractivity contribution in [3.05, 3.63) is 0 Å². The van der Waals surface area contributed by atoms with Crippen molar-refractivity contribution in [2.24, 2.45) is 23.0 Å². The van der Waals surface area contributed by atoms with E-state index in [2.05, 4.69) is 25.7 Å². The van der Waals surface area contributed by atoms with Gasteiger partial charge < -0.3 is 5.73 Å². The molecule has 116 valence electrons. The van der Waals surface area contributed by atoms with E-state index in [-0.39, 0.29) is 0 Å². The molecule has 0 radical (unpaired) electrons. The van der Waals surface area contributed by atoms with Crippen LogP contribution in [-0.2, 0) is 0 Å². The number of nitrogens with zero attached hydrogens (tertiary/aromatic N) is 1. The molecule has 2 bridgehead atoms. The van der Waals surface area contributed by atoms with Gasteiger partial charge in [0.2, 0.25) is 0 Å². The van der Waals surface area contributed by atoms with E-state index in [1.807, 2.05) is 0 Å². The van der Waals surface area contributed by atoms with Crippen LogP contribution in [0.2, 0.25) is 0 Å². The van der Waals surface area contributed by atoms with Gasteiger partial charge in [-0.15, -0.1) is 0 Å². The van der Waals surface area contributed by atoms with Crippen LogP contribution in [0.1, 0.15) is 72.1 Å². The lowest BCUT2D eigenvalue weighted by Gasteiger charge is -2.46. The second kappa shape index (κ2) is 5.28. The van der Waals surface area contributed by atoms with Gasteiger partial charge in [-0.3, -0.25) is 4.90 Å². The van der Waals surface area contributed by atoms with Gasteiger partial charge >= 0.3 is 0 Å². The molecule has 4 unspecified atom stereocenters. The summed E-state index contributed by atoms with van der Waals surface area (Å²) >= 11 is 0. The van der Waals surface area contributed by atoms with E-state index in [1.54, 1.807) is 0 Å². The first-order chi connectivity index (χ1) is 9.44. The molecule has 4 atom stereocenters. The topological polar surface area (TPSA) is 29.3 Å². The Morgan fingerprint density at radius 2 is 1.90 bits per heavy atom. The van der Waals surface area contributed by atoms with Crippen LogP contribution in [0.3, 0.4) is 0 Å². The van der Waals surface area contributed by atoms with Crippen LogP contribution in [0.25, 0.3) is 0 Å². The summed E-state index contributed by atoms with van der Waals surface area (Å²) in [6, 6.07) is 0.870. The van der Waals surface area contributed by atoms with E-state index in [1.165, 1.54) is 57.9 Å². The summed E-state index contributed by atoms with van der Waals surface area (Å²) in [5, 5.41) is 0. The highest BCUT2D eigenvalue weighted by atomic mass is 15.3. The second-order valence-corrected chi connectivity index (χ2v) is 8.91. The molecule has 20 heavy (non-hydrogen) atoms. The van der Waals surface area contributed by atoms with E-state index in [4.69, 9.17) is 5.73 Å². The smallest absolute Gasteiger partial charge is 0.0334 e. The highest BCUT2D eigenvalue weighted by molar-refractivity contribution is 5.04. The molecule has 0 spiro atoms. The van der Waals surface area contributed by atoms with Crippen molar-refractivity contribution in [2.75, 3.05) is 13.1 Å². The minimum absolute atomic E-state index is 0.347. The molecule has 0 amide bonds. The van der Waals surface area contributed by atoms with Crippen LogP contribution < -0.4 is 5.73 Å². The van der Waals surface area contributed by atoms with E-state index in [9.17, 15) is 0 Å². The molecule has 3 rings (SSSR count). The summed E-state index contributed by atoms with van der Waals surface area (Å²) in [5.74, 6) is 1.88. The molecule has 1 saturated heterocycles. The number of hydrogen-bond acceptors (Lipinski definition) is 2. The van der Waals surface area contributed by atoms with Gasteiger partial charge in [-0.1, -0.05) is 27.2 Å². The Hall–Kier alpha value is -0.0800. The molecule has 0 aromatic carbocycles. The SMILES string of the molecule is CC(C)(C)C1CCCC(CN)(N2CC3CCC2C3)CC1. The monoisotopic (exact) mass is 278 g/mol. The lowest BCUT2D eigenvalue weighted by molar-refractivity contribution is 0.0449. The summed E-state index contributed by atoms with van der Waals surface area (Å²) in [4.78, 5) is 2.87. The molecule has 0 aromatic rings. The fourth-order valence-electron chi connectivity index (χ4n) is 5.37. The van der Waals surface area contributed by atoms with Gasteiger partial charge in [0, 0.05) is 24.7 Å². The maximum absolute atomic E-state index is 6.33. The van der Waals surface area contributed by atoms with Gasteiger partial charge in [-0.25, -0.2) is 0 Å². The van der Waals surface area contributed by atoms with Crippen LogP contribution in [0, 0.1) is 17.3 Å². The first kappa shape index (κ1) is 14.8. The number of rotatable bonds is 2. The molecule has 1 heterocycles. The average molecular weight is 278 g/mol. The zero-order valence-electron chi connectivity index (χ0n) is 13.8. The maximum Gasteiger partial charge on any atom is 0.0334 e. The van der Waals surface area contributed by atoms with E-state index in [0.29, 0.717) is 11.0 Å². The zero-order chi connectivity index (χ0) is 14.4. The Morgan fingerprint density at radius 3 is 2.45 bits per heavy atom. The Morgan fingerprint density at radius 1 is 1.10 bits per heavy atom. The van der Waals surface area contributed by atoms with E-state index >= 15 is 0 Å². The number of fused-ring (bicyclic) bond motifs is 2. The number of likely N-dealkylation sites (tertiary alicyclic amines) is 1. The van der Waals surface area contributed by atoms with E-state index in [0.717, 1.165) is 24.4 Å². The largest absolute Gasteiger partial charge is 0.329 e. The predicted molar refractivity (Wildman–Crippen MR) is 85.7 cm³/mol. The summed E-state index contributed by atoms with van der Waals surface area (Å²) < 4.78 is 0. The molecule has 0 aromatic heterocycles. The summed E-state index contributed by atoms with van der Waals surface area (Å²) in [7, 11) is 0. The number of piperidine rings is 1. The Balaban J connectivity index is 1.73. The van der Waals surface area contributed by atoms with Gasteiger partial charge in [0.15, 0.2) is 0 Å². The van der Waals surface area contributed by atoms with Crippen LogP contribution in [0.15, 0.2) is 0 Å². The van der Waals surface area contributed by atoms with Gasteiger partial charge in [0.1, 0.15) is 0 Å². The van der Waals surface area contributed by atoms with Crippen molar-refractivity contribution in [2.45, 2.75) is 83.7 Å². The fraction of sp³-hybridized carbons (Fsp3) is 1.00. The van der Waals surface area contributed by atoms with Crippen molar-refractivity contribution in [3.8, 4) is 0 Å². The van der Waals surface area contributed by atoms with Crippen molar-refractivity contribution in [3.63, 3.8) is 0 Å². The molecule has 2 aliphatic carbocycles. The highest BCUT2D eigenvalue weighted by Gasteiger charge is 2.48. The van der Waals surface area contributed by atoms with Crippen LogP contribution >= 0.6 is 0 Å². The minimum Gasteiger partial charge on any atom is -0.329 e. The minimum atomic E-state index is 0.347. The summed E-state index contributed by atoms with van der Waals surface area (Å²) in [5.41, 5.74) is 7.15. The summed E-state index contributed by atoms with van der Waals surface area (Å²) in [6.07, 6.45) is 11.2.